The van der Waals surface area contributed by atoms with Gasteiger partial charge in [0.1, 0.15) is 21.4 Å². The number of rotatable bonds is 15. The van der Waals surface area contributed by atoms with E-state index in [0.717, 1.165) is 42.4 Å². The molecule has 2 aliphatic rings. The van der Waals surface area contributed by atoms with Crippen LogP contribution in [0.1, 0.15) is 107 Å². The highest BCUT2D eigenvalue weighted by Crippen LogP contribution is 2.37. The molecule has 3 N–H and O–H groups in total. The van der Waals surface area contributed by atoms with Crippen LogP contribution in [0.25, 0.3) is 22.3 Å². The van der Waals surface area contributed by atoms with Crippen LogP contribution >= 0.6 is 11.6 Å². The molecule has 2 aromatic carbocycles. The number of ether oxygens (including phenoxy) is 2. The van der Waals surface area contributed by atoms with Gasteiger partial charge in [-0.15, -0.1) is 0 Å². The lowest BCUT2D eigenvalue weighted by Gasteiger charge is -2.18. The molecule has 0 atom stereocenters. The number of primary sulfonamides is 1. The van der Waals surface area contributed by atoms with E-state index in [0.29, 0.717) is 45.6 Å². The highest BCUT2D eigenvalue weighted by atomic mass is 35.5. The number of nitrogens with one attached hydrogen (secondary N) is 1. The average Bonchev–Trinajstić information content (AvgIpc) is 4.20. The van der Waals surface area contributed by atoms with Gasteiger partial charge >= 0.3 is 0 Å². The molecule has 0 aliphatic heterocycles. The van der Waals surface area contributed by atoms with E-state index in [1.54, 1.807) is 39.8 Å². The number of amides is 1. The predicted molar refractivity (Wildman–Crippen MR) is 253 cm³/mol. The van der Waals surface area contributed by atoms with Gasteiger partial charge in [-0.05, 0) is 130 Å². The quantitative estimate of drug-likeness (QED) is 0.0926. The second kappa shape index (κ2) is 22.3. The van der Waals surface area contributed by atoms with Crippen molar-refractivity contribution in [2.75, 3.05) is 14.2 Å². The van der Waals surface area contributed by atoms with E-state index in [9.17, 15) is 35.2 Å². The fourth-order valence-electron chi connectivity index (χ4n) is 7.18. The van der Waals surface area contributed by atoms with Crippen LogP contribution in [0, 0.1) is 11.6 Å². The molecule has 2 saturated carbocycles. The number of nitrogens with zero attached hydrogens (tertiary/aromatic N) is 6. The van der Waals surface area contributed by atoms with E-state index >= 15 is 0 Å². The molecule has 0 saturated heterocycles. The zero-order valence-electron chi connectivity index (χ0n) is 37.6. The average molecular weight is 998 g/mol. The molecule has 21 heteroatoms. The van der Waals surface area contributed by atoms with Gasteiger partial charge in [0, 0.05) is 43.3 Å². The van der Waals surface area contributed by atoms with E-state index in [-0.39, 0.29) is 53.8 Å². The first-order chi connectivity index (χ1) is 31.7. The number of benzene rings is 2. The highest BCUT2D eigenvalue weighted by Gasteiger charge is 2.29. The molecule has 1 amide bonds. The molecular formula is C47H55ClF2N8O8S2. The molecule has 364 valence electrons. The van der Waals surface area contributed by atoms with Crippen LogP contribution in [-0.2, 0) is 42.5 Å². The molecule has 8 rings (SSSR count). The van der Waals surface area contributed by atoms with E-state index in [1.807, 2.05) is 27.7 Å². The van der Waals surface area contributed by atoms with E-state index in [1.165, 1.54) is 69.5 Å². The van der Waals surface area contributed by atoms with Crippen molar-refractivity contribution in [3.63, 3.8) is 0 Å². The summed E-state index contributed by atoms with van der Waals surface area (Å²) in [5.74, 6) is -0.771. The Hall–Kier alpha value is -6.09. The van der Waals surface area contributed by atoms with Crippen LogP contribution in [0.4, 0.5) is 8.78 Å². The molecule has 4 aromatic heterocycles. The van der Waals surface area contributed by atoms with Crippen LogP contribution in [0.15, 0.2) is 95.5 Å². The van der Waals surface area contributed by atoms with Crippen LogP contribution in [0.3, 0.4) is 0 Å². The minimum atomic E-state index is -4.08. The maximum atomic E-state index is 14.5. The molecule has 0 radical (unpaired) electrons. The summed E-state index contributed by atoms with van der Waals surface area (Å²) in [6, 6.07) is 13.0. The zero-order chi connectivity index (χ0) is 48.8. The van der Waals surface area contributed by atoms with E-state index in [2.05, 4.69) is 24.9 Å². The summed E-state index contributed by atoms with van der Waals surface area (Å²) in [6.07, 6.45) is 12.4. The summed E-state index contributed by atoms with van der Waals surface area (Å²) in [7, 11) is -4.66. The maximum Gasteiger partial charge on any atom is 0.267 e. The van der Waals surface area contributed by atoms with E-state index < -0.39 is 37.0 Å². The Bertz CT molecular complexity index is 2990. The van der Waals surface area contributed by atoms with Gasteiger partial charge in [0.15, 0.2) is 0 Å². The standard InChI is InChI=1S/C23H25FN4O4S.C17H17ClFNO2.C6H9N3O2S.CH4/c1-14(2)19-9-16(24)10-20(15-6-7-25-23(8-15)32-3)21(19)11-22(29)27-33(30,31)18-12-26-28(13-18)17-4-5-17;1-10(2)13-7-12(19)8-14(15(13)9-16(18)21)11-4-5-20-17(6-11)22-3;7-12(10,11)6-3-8-9(4-6)5-1-2-5;/h6-10,12-14,17H,4-5,11H2,1-3H3,(H,27,29);4-8,10H,9H2,1-3H3;3-5H,1-2H2,(H2,7,10,11);1H4. The first-order valence-electron chi connectivity index (χ1n) is 21.2. The lowest BCUT2D eigenvalue weighted by Crippen LogP contribution is -2.32. The number of carbonyl (C=O) groups excluding carboxylic acids is 2. The SMILES string of the molecule is C.COc1cc(-c2cc(F)cc(C(C)C)c2CC(=O)Cl)ccn1.COc1cc(-c2cc(F)cc(C(C)C)c2CC(=O)NS(=O)(=O)c2cnn(C3CC3)c2)ccn1.NS(=O)(=O)c1cnn(C2CC2)c1. The van der Waals surface area contributed by atoms with Crippen LogP contribution in [0.2, 0.25) is 0 Å². The summed E-state index contributed by atoms with van der Waals surface area (Å²) in [5.41, 5.74) is 5.15. The van der Waals surface area contributed by atoms with Gasteiger partial charge in [-0.3, -0.25) is 19.0 Å². The lowest BCUT2D eigenvalue weighted by atomic mass is 9.88. The predicted octanol–water partition coefficient (Wildman–Crippen LogP) is 8.43. The molecular weight excluding hydrogens is 942 g/mol. The number of nitrogens with two attached hydrogens (primary N) is 1. The van der Waals surface area contributed by atoms with Gasteiger partial charge in [-0.25, -0.2) is 45.4 Å². The van der Waals surface area contributed by atoms with Crippen LogP contribution in [0.5, 0.6) is 11.8 Å². The van der Waals surface area contributed by atoms with Gasteiger partial charge in [0.05, 0.1) is 45.1 Å². The van der Waals surface area contributed by atoms with Crippen LogP contribution < -0.4 is 19.3 Å². The molecule has 4 heterocycles. The van der Waals surface area contributed by atoms with Crippen molar-refractivity contribution in [2.24, 2.45) is 5.14 Å². The van der Waals surface area contributed by atoms with Crippen molar-refractivity contribution in [1.82, 2.24) is 34.3 Å². The number of carbonyl (C=O) groups is 2. The van der Waals surface area contributed by atoms with E-state index in [4.69, 9.17) is 26.2 Å². The number of aromatic nitrogens is 6. The van der Waals surface area contributed by atoms with Gasteiger partial charge in [-0.2, -0.15) is 10.2 Å². The third-order valence-electron chi connectivity index (χ3n) is 10.8. The molecule has 68 heavy (non-hydrogen) atoms. The minimum Gasteiger partial charge on any atom is -0.481 e. The third kappa shape index (κ3) is 13.8. The molecule has 0 spiro atoms. The monoisotopic (exact) mass is 996 g/mol. The van der Waals surface area contributed by atoms with Crippen molar-refractivity contribution in [3.05, 3.63) is 120 Å². The van der Waals surface area contributed by atoms with Crippen molar-refractivity contribution < 1.29 is 44.7 Å². The molecule has 6 aromatic rings. The van der Waals surface area contributed by atoms with Crippen molar-refractivity contribution >= 4 is 42.8 Å². The topological polar surface area (TPSA) is 220 Å². The Morgan fingerprint density at radius 3 is 1.54 bits per heavy atom. The number of pyridine rings is 2. The largest absolute Gasteiger partial charge is 0.481 e. The van der Waals surface area contributed by atoms with Gasteiger partial charge < -0.3 is 9.47 Å². The Morgan fingerprint density at radius 2 is 1.16 bits per heavy atom. The fourth-order valence-corrected chi connectivity index (χ4v) is 8.69. The highest BCUT2D eigenvalue weighted by molar-refractivity contribution is 7.90. The molecule has 2 aliphatic carbocycles. The number of hydrogen-bond acceptors (Lipinski definition) is 12. The minimum absolute atomic E-state index is 0. The number of sulfonamides is 2. The number of methoxy groups -OCH3 is 2. The molecule has 0 bridgehead atoms. The second-order valence-corrected chi connectivity index (χ2v) is 20.2. The summed E-state index contributed by atoms with van der Waals surface area (Å²) in [6.45, 7) is 7.67. The van der Waals surface area contributed by atoms with Gasteiger partial charge in [0.2, 0.25) is 32.9 Å². The molecule has 16 nitrogen and oxygen atoms in total. The second-order valence-electron chi connectivity index (χ2n) is 16.6. The first-order valence-corrected chi connectivity index (χ1v) is 24.6. The normalized spacial score (nSPS) is 13.4. The molecule has 2 fully saturated rings. The zero-order valence-corrected chi connectivity index (χ0v) is 40.0. The first kappa shape index (κ1) is 52.9. The Balaban J connectivity index is 0.000000211. The summed E-state index contributed by atoms with van der Waals surface area (Å²) in [4.78, 5) is 32.4. The Morgan fingerprint density at radius 1 is 0.735 bits per heavy atom. The smallest absolute Gasteiger partial charge is 0.267 e. The van der Waals surface area contributed by atoms with Gasteiger partial charge in [0.25, 0.3) is 10.0 Å². The number of halogens is 3. The maximum absolute atomic E-state index is 14.5. The summed E-state index contributed by atoms with van der Waals surface area (Å²) >= 11 is 5.58. The van der Waals surface area contributed by atoms with Gasteiger partial charge in [-0.1, -0.05) is 35.1 Å². The lowest BCUT2D eigenvalue weighted by molar-refractivity contribution is -0.118. The molecule has 0 unspecified atom stereocenters. The van der Waals surface area contributed by atoms with Crippen molar-refractivity contribution in [1.29, 1.82) is 0 Å². The Kier molecular flexibility index (Phi) is 17.4. The van der Waals surface area contributed by atoms with Crippen LogP contribution in [-0.4, -0.2) is 71.7 Å². The summed E-state index contributed by atoms with van der Waals surface area (Å²) in [5, 5.41) is 12.4. The fraction of sp³-hybridized carbons (Fsp3) is 0.362. The van der Waals surface area contributed by atoms with Crippen molar-refractivity contribution in [3.8, 4) is 34.0 Å². The van der Waals surface area contributed by atoms with Crippen molar-refractivity contribution in [2.45, 2.75) is 107 Å². The Labute approximate surface area is 400 Å². The summed E-state index contributed by atoms with van der Waals surface area (Å²) < 4.78 is 91.2. The number of hydrogen-bond donors (Lipinski definition) is 2. The third-order valence-corrected chi connectivity index (χ3v) is 13.1.